The molecule has 4 aromatic carbocycles. The van der Waals surface area contributed by atoms with Gasteiger partial charge in [-0.05, 0) is 71.8 Å². The van der Waals surface area contributed by atoms with Gasteiger partial charge in [-0.2, -0.15) is 36.9 Å². The average Bonchev–Trinajstić information content (AvgIpc) is 3.86. The van der Waals surface area contributed by atoms with E-state index in [1.165, 1.54) is 24.3 Å². The lowest BCUT2D eigenvalue weighted by molar-refractivity contribution is -0.890. The molecule has 0 saturated carbocycles. The van der Waals surface area contributed by atoms with E-state index >= 15 is 0 Å². The van der Waals surface area contributed by atoms with Crippen molar-refractivity contribution in [2.75, 3.05) is 63.2 Å². The monoisotopic (exact) mass is 1040 g/mol. The zero-order valence-electron chi connectivity index (χ0n) is 39.9. The first-order valence-electron chi connectivity index (χ1n) is 23.0. The Morgan fingerprint density at radius 3 is 1.31 bits per heavy atom. The standard InChI is InChI=1S/C48H41F6N9O4.C4H4O4/c1-63(2,21-5-19-59-27-37-39(43(59)64)41(31-15-11-29(25-55)12-16-31)57-45(66)61(37)35-9-3-7-33(23-35)47(49,50)51)22-6-20-60-28-38-40(44(60)65)42(32-17-13-30(26-56)14-18-32)58-46(67)62(38)36-10-4-8-34(24-36)48(52,53)54;5-3(6)1-2-4(7)8/h3-4,7-18,23-24,41-42H,5-6,19-22,27-28H2,1-2H3,(H-,57,58,66,67);1-2H,(H,5,6)(H,7,8)/p+1/b;2-1-/t41-,42-;/m1./s1. The summed E-state index contributed by atoms with van der Waals surface area (Å²) in [7, 11) is 3.95. The maximum atomic E-state index is 14.2. The number of benzene rings is 4. The van der Waals surface area contributed by atoms with Gasteiger partial charge in [-0.15, -0.1) is 0 Å². The molecular formula is C52H46F6N9O8+. The summed E-state index contributed by atoms with van der Waals surface area (Å²) in [6, 6.07) is 22.0. The molecule has 4 aliphatic rings. The normalized spacial score (nSPS) is 17.8. The van der Waals surface area contributed by atoms with Crippen LogP contribution in [0.25, 0.3) is 0 Å². The van der Waals surface area contributed by atoms with Crippen LogP contribution in [-0.4, -0.2) is 114 Å². The molecule has 0 unspecified atom stereocenters. The molecule has 6 amide bonds. The molecule has 4 aromatic rings. The number of halogens is 6. The highest BCUT2D eigenvalue weighted by Gasteiger charge is 2.47. The molecule has 4 N–H and O–H groups in total. The van der Waals surface area contributed by atoms with Crippen LogP contribution in [0.1, 0.15) is 58.3 Å². The van der Waals surface area contributed by atoms with E-state index in [2.05, 4.69) is 10.6 Å². The summed E-state index contributed by atoms with van der Waals surface area (Å²) in [5.41, 5.74) is 0.587. The average molecular weight is 1040 g/mol. The molecular weight excluding hydrogens is 993 g/mol. The molecule has 0 radical (unpaired) electrons. The summed E-state index contributed by atoms with van der Waals surface area (Å²) >= 11 is 0. The Morgan fingerprint density at radius 2 is 0.987 bits per heavy atom. The maximum absolute atomic E-state index is 14.2. The topological polar surface area (TPSA) is 227 Å². The molecule has 0 fully saturated rings. The number of carbonyl (C=O) groups excluding carboxylic acids is 4. The van der Waals surface area contributed by atoms with Gasteiger partial charge in [0.1, 0.15) is 0 Å². The Hall–Kier alpha value is -8.96. The molecule has 2 atom stereocenters. The van der Waals surface area contributed by atoms with Crippen LogP contribution < -0.4 is 20.4 Å². The molecule has 0 spiro atoms. The number of nitrogens with one attached hydrogen (secondary N) is 2. The number of aliphatic carboxylic acids is 2. The van der Waals surface area contributed by atoms with Crippen LogP contribution in [0.3, 0.4) is 0 Å². The van der Waals surface area contributed by atoms with E-state index in [0.717, 1.165) is 34.1 Å². The fraction of sp³-hybridized carbons (Fsp3) is 0.269. The van der Waals surface area contributed by atoms with Gasteiger partial charge in [0.15, 0.2) is 0 Å². The van der Waals surface area contributed by atoms with Gasteiger partial charge in [0, 0.05) is 38.1 Å². The van der Waals surface area contributed by atoms with Crippen molar-refractivity contribution >= 4 is 47.2 Å². The lowest BCUT2D eigenvalue weighted by Gasteiger charge is -2.34. The Kier molecular flexibility index (Phi) is 15.5. The number of quaternary nitrogens is 1. The minimum atomic E-state index is -4.68. The predicted molar refractivity (Wildman–Crippen MR) is 255 cm³/mol. The van der Waals surface area contributed by atoms with Gasteiger partial charge in [0.2, 0.25) is 0 Å². The number of anilines is 2. The molecule has 0 aromatic heterocycles. The third kappa shape index (κ3) is 12.1. The van der Waals surface area contributed by atoms with E-state index in [1.54, 1.807) is 58.3 Å². The molecule has 0 aliphatic carbocycles. The lowest BCUT2D eigenvalue weighted by atomic mass is 9.94. The second-order valence-electron chi connectivity index (χ2n) is 18.3. The highest BCUT2D eigenvalue weighted by molar-refractivity contribution is 6.08. The SMILES string of the molecule is C[N+](C)(CCCN1CC2=C(C1=O)[C@@H](c1ccc(C#N)cc1)NC(=O)N2c1cccc(C(F)(F)F)c1)CCCN1CC2=C(C1=O)[C@@H](c1ccc(C#N)cc1)NC(=O)N2c1cccc(C(F)(F)F)c1.O=C(O)/C=C\C(=O)O. The highest BCUT2D eigenvalue weighted by Crippen LogP contribution is 2.42. The van der Waals surface area contributed by atoms with Crippen LogP contribution in [0.2, 0.25) is 0 Å². The number of urea groups is 2. The zero-order valence-corrected chi connectivity index (χ0v) is 39.9. The van der Waals surface area contributed by atoms with E-state index < -0.39 is 71.4 Å². The molecule has 0 saturated heterocycles. The van der Waals surface area contributed by atoms with Crippen molar-refractivity contribution in [2.45, 2.75) is 37.3 Å². The molecule has 4 aliphatic heterocycles. The third-order valence-corrected chi connectivity index (χ3v) is 12.8. The van der Waals surface area contributed by atoms with Crippen molar-refractivity contribution in [2.24, 2.45) is 0 Å². The first-order chi connectivity index (χ1) is 35.4. The zero-order chi connectivity index (χ0) is 54.6. The van der Waals surface area contributed by atoms with Gasteiger partial charge in [-0.1, -0.05) is 36.4 Å². The van der Waals surface area contributed by atoms with Crippen LogP contribution in [0, 0.1) is 22.7 Å². The largest absolute Gasteiger partial charge is 0.478 e. The van der Waals surface area contributed by atoms with E-state index in [0.29, 0.717) is 64.8 Å². The van der Waals surface area contributed by atoms with Crippen molar-refractivity contribution in [3.05, 3.63) is 165 Å². The first kappa shape index (κ1) is 53.8. The van der Waals surface area contributed by atoms with E-state index in [-0.39, 0.29) is 60.1 Å². The van der Waals surface area contributed by atoms with E-state index in [4.69, 9.17) is 10.2 Å². The van der Waals surface area contributed by atoms with Crippen LogP contribution in [0.15, 0.2) is 132 Å². The molecule has 388 valence electrons. The molecule has 23 heteroatoms. The Bertz CT molecular complexity index is 2920. The number of carboxylic acids is 2. The van der Waals surface area contributed by atoms with Gasteiger partial charge in [0.25, 0.3) is 11.8 Å². The number of hydrogen-bond acceptors (Lipinski definition) is 8. The Morgan fingerprint density at radius 1 is 0.627 bits per heavy atom. The van der Waals surface area contributed by atoms with Crippen molar-refractivity contribution in [1.29, 1.82) is 10.5 Å². The van der Waals surface area contributed by atoms with E-state index in [1.807, 2.05) is 26.2 Å². The Labute approximate surface area is 424 Å². The van der Waals surface area contributed by atoms with Gasteiger partial charge in [0.05, 0.1) is 121 Å². The first-order valence-corrected chi connectivity index (χ1v) is 23.0. The van der Waals surface area contributed by atoms with Crippen molar-refractivity contribution in [3.8, 4) is 12.1 Å². The van der Waals surface area contributed by atoms with Gasteiger partial charge in [-0.3, -0.25) is 19.4 Å². The number of carboxylic acid groups (broad SMARTS) is 2. The number of nitrogens with zero attached hydrogens (tertiary/aromatic N) is 7. The van der Waals surface area contributed by atoms with Crippen LogP contribution >= 0.6 is 0 Å². The number of amides is 6. The fourth-order valence-electron chi connectivity index (χ4n) is 9.17. The molecule has 4 heterocycles. The summed E-state index contributed by atoms with van der Waals surface area (Å²) in [5, 5.41) is 39.9. The lowest BCUT2D eigenvalue weighted by Crippen LogP contribution is -2.47. The predicted octanol–water partition coefficient (Wildman–Crippen LogP) is 7.47. The minimum absolute atomic E-state index is 0.0505. The van der Waals surface area contributed by atoms with Gasteiger partial charge >= 0.3 is 36.4 Å². The molecule has 0 bridgehead atoms. The number of hydrogen-bond donors (Lipinski definition) is 4. The number of carbonyl (C=O) groups is 6. The van der Waals surface area contributed by atoms with Crippen molar-refractivity contribution in [1.82, 2.24) is 20.4 Å². The second kappa shape index (κ2) is 21.6. The van der Waals surface area contributed by atoms with Crippen LogP contribution in [-0.2, 0) is 31.5 Å². The summed E-state index contributed by atoms with van der Waals surface area (Å²) in [4.78, 5) is 80.3. The van der Waals surface area contributed by atoms with E-state index in [9.17, 15) is 65.6 Å². The number of nitriles is 2. The van der Waals surface area contributed by atoms with Crippen LogP contribution in [0.4, 0.5) is 47.3 Å². The smallest absolute Gasteiger partial charge is 0.416 e. The van der Waals surface area contributed by atoms with Crippen molar-refractivity contribution in [3.63, 3.8) is 0 Å². The fourth-order valence-corrected chi connectivity index (χ4v) is 9.17. The number of alkyl halides is 6. The van der Waals surface area contributed by atoms with Crippen LogP contribution in [0.5, 0.6) is 0 Å². The van der Waals surface area contributed by atoms with Gasteiger partial charge < -0.3 is 35.1 Å². The number of rotatable bonds is 14. The molecule has 75 heavy (non-hydrogen) atoms. The maximum Gasteiger partial charge on any atom is 0.416 e. The summed E-state index contributed by atoms with van der Waals surface area (Å²) in [6.45, 7) is 1.47. The third-order valence-electron chi connectivity index (χ3n) is 12.8. The summed E-state index contributed by atoms with van der Waals surface area (Å²) < 4.78 is 83.1. The second-order valence-corrected chi connectivity index (χ2v) is 18.3. The summed E-state index contributed by atoms with van der Waals surface area (Å²) in [6.07, 6.45) is -7.28. The van der Waals surface area contributed by atoms with Crippen molar-refractivity contribution < 1.29 is 69.8 Å². The summed E-state index contributed by atoms with van der Waals surface area (Å²) in [5.74, 6) is -3.32. The molecule has 17 nitrogen and oxygen atoms in total. The molecule has 8 rings (SSSR count). The Balaban J connectivity index is 0.000000947. The minimum Gasteiger partial charge on any atom is -0.478 e. The highest BCUT2D eigenvalue weighted by atomic mass is 19.4. The quantitative estimate of drug-likeness (QED) is 0.0553. The van der Waals surface area contributed by atoms with Gasteiger partial charge in [-0.25, -0.2) is 19.2 Å².